The van der Waals surface area contributed by atoms with Crippen LogP contribution in [0.1, 0.15) is 35.6 Å². The van der Waals surface area contributed by atoms with Crippen molar-refractivity contribution in [3.63, 3.8) is 0 Å². The number of carbonyl (C=O) groups is 1. The molecule has 0 unspecified atom stereocenters. The van der Waals surface area contributed by atoms with Crippen molar-refractivity contribution in [2.45, 2.75) is 27.7 Å². The molecule has 1 amide bonds. The van der Waals surface area contributed by atoms with Crippen LogP contribution in [-0.2, 0) is 0 Å². The van der Waals surface area contributed by atoms with E-state index in [9.17, 15) is 9.90 Å². The molecule has 0 atom stereocenters. The molecule has 0 fully saturated rings. The first-order valence-corrected chi connectivity index (χ1v) is 6.55. The minimum Gasteiger partial charge on any atom is -0.396 e. The first-order valence-electron chi connectivity index (χ1n) is 6.55. The van der Waals surface area contributed by atoms with Gasteiger partial charge in [-0.3, -0.25) is 4.79 Å². The number of aryl methyl sites for hydroxylation is 2. The molecule has 0 aromatic carbocycles. The highest BCUT2D eigenvalue weighted by Crippen LogP contribution is 2.14. The van der Waals surface area contributed by atoms with Crippen LogP contribution in [0.4, 0.5) is 0 Å². The first-order chi connectivity index (χ1) is 9.34. The summed E-state index contributed by atoms with van der Waals surface area (Å²) in [5, 5.41) is 16.2. The molecule has 0 aliphatic carbocycles. The number of aliphatic hydroxyl groups is 1. The quantitative estimate of drug-likeness (QED) is 0.876. The molecule has 0 saturated heterocycles. The van der Waals surface area contributed by atoms with Crippen LogP contribution < -0.4 is 5.32 Å². The Hall–Kier alpha value is -1.95. The standard InChI is InChI=1S/C14H20N4O2/c1-9-5-10(2)18-12(17-9)11(6-16-18)13(20)15-7-14(3,4)8-19/h5-6,19H,7-8H2,1-4H3,(H,15,20). The number of rotatable bonds is 4. The molecule has 0 bridgehead atoms. The van der Waals surface area contributed by atoms with E-state index in [-0.39, 0.29) is 17.9 Å². The van der Waals surface area contributed by atoms with Crippen LogP contribution >= 0.6 is 0 Å². The molecule has 0 aliphatic rings. The molecule has 2 aromatic heterocycles. The van der Waals surface area contributed by atoms with Crippen LogP contribution in [0, 0.1) is 19.3 Å². The van der Waals surface area contributed by atoms with E-state index in [1.165, 1.54) is 6.20 Å². The molecule has 0 radical (unpaired) electrons. The Morgan fingerprint density at radius 3 is 2.80 bits per heavy atom. The third-order valence-electron chi connectivity index (χ3n) is 3.18. The lowest BCUT2D eigenvalue weighted by molar-refractivity contribution is 0.0912. The fourth-order valence-corrected chi connectivity index (χ4v) is 1.90. The average Bonchev–Trinajstić information content (AvgIpc) is 2.80. The lowest BCUT2D eigenvalue weighted by Crippen LogP contribution is -2.36. The summed E-state index contributed by atoms with van der Waals surface area (Å²) < 4.78 is 1.65. The zero-order valence-corrected chi connectivity index (χ0v) is 12.3. The monoisotopic (exact) mass is 276 g/mol. The normalized spacial score (nSPS) is 11.8. The second-order valence-electron chi connectivity index (χ2n) is 5.84. The Bertz CT molecular complexity index is 646. The van der Waals surface area contributed by atoms with Gasteiger partial charge in [-0.05, 0) is 19.9 Å². The number of nitrogens with zero attached hydrogens (tertiary/aromatic N) is 3. The van der Waals surface area contributed by atoms with Gasteiger partial charge in [-0.25, -0.2) is 9.50 Å². The number of aromatic nitrogens is 3. The van der Waals surface area contributed by atoms with E-state index < -0.39 is 0 Å². The summed E-state index contributed by atoms with van der Waals surface area (Å²) in [5.41, 5.74) is 2.44. The molecule has 0 saturated carbocycles. The number of hydrogen-bond acceptors (Lipinski definition) is 4. The second-order valence-corrected chi connectivity index (χ2v) is 5.84. The largest absolute Gasteiger partial charge is 0.396 e. The lowest BCUT2D eigenvalue weighted by Gasteiger charge is -2.21. The molecule has 20 heavy (non-hydrogen) atoms. The number of fused-ring (bicyclic) bond motifs is 1. The van der Waals surface area contributed by atoms with Gasteiger partial charge in [0.25, 0.3) is 5.91 Å². The summed E-state index contributed by atoms with van der Waals surface area (Å²) in [4.78, 5) is 16.6. The van der Waals surface area contributed by atoms with Gasteiger partial charge in [-0.1, -0.05) is 13.8 Å². The van der Waals surface area contributed by atoms with Gasteiger partial charge in [-0.2, -0.15) is 5.10 Å². The number of amides is 1. The van der Waals surface area contributed by atoms with Crippen LogP contribution in [0.3, 0.4) is 0 Å². The second kappa shape index (κ2) is 5.20. The van der Waals surface area contributed by atoms with Gasteiger partial charge in [0.05, 0.1) is 6.20 Å². The van der Waals surface area contributed by atoms with E-state index in [1.54, 1.807) is 4.52 Å². The Labute approximate surface area is 117 Å². The molecular weight excluding hydrogens is 256 g/mol. The van der Waals surface area contributed by atoms with E-state index in [0.717, 1.165) is 11.4 Å². The third-order valence-corrected chi connectivity index (χ3v) is 3.18. The molecule has 2 N–H and O–H groups in total. The van der Waals surface area contributed by atoms with Crippen molar-refractivity contribution in [2.75, 3.05) is 13.2 Å². The van der Waals surface area contributed by atoms with Crippen molar-refractivity contribution in [1.29, 1.82) is 0 Å². The van der Waals surface area contributed by atoms with Crippen molar-refractivity contribution >= 4 is 11.6 Å². The highest BCUT2D eigenvalue weighted by Gasteiger charge is 2.20. The summed E-state index contributed by atoms with van der Waals surface area (Å²) in [7, 11) is 0. The van der Waals surface area contributed by atoms with Crippen molar-refractivity contribution in [3.8, 4) is 0 Å². The topological polar surface area (TPSA) is 79.5 Å². The maximum absolute atomic E-state index is 12.2. The molecule has 2 rings (SSSR count). The van der Waals surface area contributed by atoms with Gasteiger partial charge in [-0.15, -0.1) is 0 Å². The summed E-state index contributed by atoms with van der Waals surface area (Å²) in [5.74, 6) is -0.223. The molecule has 6 heteroatoms. The van der Waals surface area contributed by atoms with Crippen molar-refractivity contribution < 1.29 is 9.90 Å². The first kappa shape index (κ1) is 14.5. The average molecular weight is 276 g/mol. The van der Waals surface area contributed by atoms with Crippen LogP contribution in [0.25, 0.3) is 5.65 Å². The zero-order valence-electron chi connectivity index (χ0n) is 12.3. The summed E-state index contributed by atoms with van der Waals surface area (Å²) in [6.45, 7) is 7.98. The summed E-state index contributed by atoms with van der Waals surface area (Å²) in [6, 6.07) is 1.91. The molecule has 2 heterocycles. The minimum absolute atomic E-state index is 0.0124. The van der Waals surface area contributed by atoms with E-state index in [0.29, 0.717) is 17.8 Å². The van der Waals surface area contributed by atoms with Gasteiger partial charge in [0.15, 0.2) is 5.65 Å². The van der Waals surface area contributed by atoms with Gasteiger partial charge in [0.2, 0.25) is 0 Å². The third kappa shape index (κ3) is 2.80. The van der Waals surface area contributed by atoms with Gasteiger partial charge >= 0.3 is 0 Å². The van der Waals surface area contributed by atoms with Crippen molar-refractivity contribution in [1.82, 2.24) is 19.9 Å². The smallest absolute Gasteiger partial charge is 0.256 e. The number of carbonyl (C=O) groups excluding carboxylic acids is 1. The summed E-state index contributed by atoms with van der Waals surface area (Å²) in [6.07, 6.45) is 1.52. The van der Waals surface area contributed by atoms with E-state index in [2.05, 4.69) is 15.4 Å². The Kier molecular flexibility index (Phi) is 3.76. The van der Waals surface area contributed by atoms with E-state index >= 15 is 0 Å². The fraction of sp³-hybridized carbons (Fsp3) is 0.500. The minimum atomic E-state index is -0.349. The molecule has 0 aliphatic heterocycles. The predicted molar refractivity (Wildman–Crippen MR) is 75.7 cm³/mol. The molecule has 0 spiro atoms. The Morgan fingerprint density at radius 1 is 1.45 bits per heavy atom. The lowest BCUT2D eigenvalue weighted by atomic mass is 9.95. The predicted octanol–water partition coefficient (Wildman–Crippen LogP) is 1.09. The molecule has 108 valence electrons. The maximum Gasteiger partial charge on any atom is 0.256 e. The summed E-state index contributed by atoms with van der Waals surface area (Å²) >= 11 is 0. The number of nitrogens with one attached hydrogen (secondary N) is 1. The van der Waals surface area contributed by atoms with E-state index in [1.807, 2.05) is 33.8 Å². The van der Waals surface area contributed by atoms with Crippen LogP contribution in [0.5, 0.6) is 0 Å². The van der Waals surface area contributed by atoms with Gasteiger partial charge < -0.3 is 10.4 Å². The van der Waals surface area contributed by atoms with Crippen LogP contribution in [0.2, 0.25) is 0 Å². The molecule has 6 nitrogen and oxygen atoms in total. The van der Waals surface area contributed by atoms with Gasteiger partial charge in [0, 0.05) is 30.0 Å². The van der Waals surface area contributed by atoms with E-state index in [4.69, 9.17) is 0 Å². The Morgan fingerprint density at radius 2 is 2.15 bits per heavy atom. The zero-order chi connectivity index (χ0) is 14.9. The SMILES string of the molecule is Cc1cc(C)n2ncc(C(=O)NCC(C)(C)CO)c2n1. The maximum atomic E-state index is 12.2. The van der Waals surface area contributed by atoms with Crippen LogP contribution in [-0.4, -0.2) is 38.8 Å². The Balaban J connectivity index is 2.27. The number of hydrogen-bond donors (Lipinski definition) is 2. The van der Waals surface area contributed by atoms with Gasteiger partial charge in [0.1, 0.15) is 5.56 Å². The van der Waals surface area contributed by atoms with Crippen molar-refractivity contribution in [3.05, 3.63) is 29.2 Å². The van der Waals surface area contributed by atoms with Crippen molar-refractivity contribution in [2.24, 2.45) is 5.41 Å². The fourth-order valence-electron chi connectivity index (χ4n) is 1.90. The highest BCUT2D eigenvalue weighted by atomic mass is 16.3. The number of aliphatic hydroxyl groups excluding tert-OH is 1. The van der Waals surface area contributed by atoms with Crippen LogP contribution in [0.15, 0.2) is 12.3 Å². The molecular formula is C14H20N4O2. The molecule has 2 aromatic rings. The highest BCUT2D eigenvalue weighted by molar-refractivity contribution is 5.99.